The molecule has 0 bridgehead atoms. The number of hydrogen-bond donors (Lipinski definition) is 3. The summed E-state index contributed by atoms with van der Waals surface area (Å²) in [6.07, 6.45) is 4.01. The number of hydrogen-bond acceptors (Lipinski definition) is 6. The fraction of sp³-hybridized carbons (Fsp3) is 0.417. The average molecular weight is 442 g/mol. The third-order valence-electron chi connectivity index (χ3n) is 6.53. The van der Waals surface area contributed by atoms with Gasteiger partial charge in [0.25, 0.3) is 0 Å². The summed E-state index contributed by atoms with van der Waals surface area (Å²) in [5.41, 5.74) is 2.55. The molecule has 0 saturated carbocycles. The summed E-state index contributed by atoms with van der Waals surface area (Å²) in [5.74, 6) is 1.76. The highest BCUT2D eigenvalue weighted by atomic mass is 35.5. The quantitative estimate of drug-likeness (QED) is 0.661. The van der Waals surface area contributed by atoms with Crippen LogP contribution >= 0.6 is 11.6 Å². The number of nitrogens with zero attached hydrogens (tertiary/aromatic N) is 1. The monoisotopic (exact) mass is 441 g/mol. The Balaban J connectivity index is 1.52. The molecular formula is C24H28ClN3O3. The minimum Gasteiger partial charge on any atom is -0.508 e. The van der Waals surface area contributed by atoms with E-state index in [2.05, 4.69) is 35.5 Å². The van der Waals surface area contributed by atoms with Crippen LogP contribution in [-0.4, -0.2) is 41.6 Å². The van der Waals surface area contributed by atoms with Crippen LogP contribution in [-0.2, 0) is 0 Å². The van der Waals surface area contributed by atoms with E-state index >= 15 is 0 Å². The van der Waals surface area contributed by atoms with E-state index in [1.165, 1.54) is 0 Å². The van der Waals surface area contributed by atoms with Gasteiger partial charge >= 0.3 is 0 Å². The Labute approximate surface area is 187 Å². The van der Waals surface area contributed by atoms with Crippen LogP contribution in [0.4, 0.5) is 0 Å². The van der Waals surface area contributed by atoms with Crippen molar-refractivity contribution < 1.29 is 14.6 Å². The molecule has 1 spiro atoms. The van der Waals surface area contributed by atoms with Crippen molar-refractivity contribution in [2.24, 2.45) is 0 Å². The van der Waals surface area contributed by atoms with Crippen LogP contribution in [0.5, 0.6) is 17.2 Å². The summed E-state index contributed by atoms with van der Waals surface area (Å²) in [6, 6.07) is 11.6. The Morgan fingerprint density at radius 2 is 1.87 bits per heavy atom. The van der Waals surface area contributed by atoms with Gasteiger partial charge in [0.2, 0.25) is 6.79 Å². The van der Waals surface area contributed by atoms with E-state index in [-0.39, 0.29) is 24.2 Å². The maximum Gasteiger partial charge on any atom is 0.231 e. The van der Waals surface area contributed by atoms with Gasteiger partial charge in [0.1, 0.15) is 5.75 Å². The number of halogens is 1. The molecule has 3 heterocycles. The molecule has 0 radical (unpaired) electrons. The van der Waals surface area contributed by atoms with Gasteiger partial charge in [-0.05, 0) is 69.2 Å². The van der Waals surface area contributed by atoms with Crippen molar-refractivity contribution in [3.05, 3.63) is 58.6 Å². The van der Waals surface area contributed by atoms with E-state index in [9.17, 15) is 5.11 Å². The Morgan fingerprint density at radius 1 is 1.10 bits per heavy atom. The van der Waals surface area contributed by atoms with Gasteiger partial charge in [-0.3, -0.25) is 5.32 Å². The van der Waals surface area contributed by atoms with Crippen molar-refractivity contribution in [3.8, 4) is 17.2 Å². The molecule has 1 fully saturated rings. The number of phenolic OH excluding ortho intramolecular Hbond substituents is 1. The first-order valence-corrected chi connectivity index (χ1v) is 11.2. The van der Waals surface area contributed by atoms with Gasteiger partial charge in [-0.2, -0.15) is 0 Å². The van der Waals surface area contributed by atoms with Gasteiger partial charge in [-0.1, -0.05) is 11.6 Å². The van der Waals surface area contributed by atoms with Gasteiger partial charge in [0.15, 0.2) is 11.5 Å². The molecule has 2 aromatic rings. The fourth-order valence-corrected chi connectivity index (χ4v) is 4.89. The third kappa shape index (κ3) is 3.95. The van der Waals surface area contributed by atoms with Gasteiger partial charge in [-0.15, -0.1) is 0 Å². The molecule has 7 heteroatoms. The Bertz CT molecular complexity index is 1020. The lowest BCUT2D eigenvalue weighted by Crippen LogP contribution is -2.64. The van der Waals surface area contributed by atoms with E-state index in [1.807, 2.05) is 24.3 Å². The van der Waals surface area contributed by atoms with Gasteiger partial charge < -0.3 is 24.8 Å². The Kier molecular flexibility index (Phi) is 5.24. The van der Waals surface area contributed by atoms with Crippen LogP contribution in [0.15, 0.2) is 42.5 Å². The zero-order chi connectivity index (χ0) is 21.6. The smallest absolute Gasteiger partial charge is 0.231 e. The van der Waals surface area contributed by atoms with Gasteiger partial charge in [-0.25, -0.2) is 0 Å². The van der Waals surface area contributed by atoms with Crippen LogP contribution in [0.3, 0.4) is 0 Å². The van der Waals surface area contributed by atoms with Crippen molar-refractivity contribution >= 4 is 17.3 Å². The van der Waals surface area contributed by atoms with E-state index in [1.54, 1.807) is 12.1 Å². The van der Waals surface area contributed by atoms with Crippen molar-refractivity contribution in [2.45, 2.75) is 44.4 Å². The predicted octanol–water partition coefficient (Wildman–Crippen LogP) is 4.25. The number of piperidine rings is 1. The molecule has 3 N–H and O–H groups in total. The standard InChI is InChI=1S/C24H28ClN3O3/c1-15(2)28-9-7-24(8-10-28)26-19(16-3-6-22-23(11-16)31-14-30-22)13-20(27-24)18-12-17(25)4-5-21(18)29/h3-6,11-13,15,20,26-27,29H,7-10,14H2,1-2H3. The molecular weight excluding hydrogens is 414 g/mol. The Morgan fingerprint density at radius 3 is 2.65 bits per heavy atom. The maximum atomic E-state index is 10.6. The highest BCUT2D eigenvalue weighted by molar-refractivity contribution is 6.30. The van der Waals surface area contributed by atoms with Crippen LogP contribution in [0.1, 0.15) is 43.9 Å². The largest absolute Gasteiger partial charge is 0.508 e. The molecule has 2 aromatic carbocycles. The number of rotatable bonds is 3. The zero-order valence-corrected chi connectivity index (χ0v) is 18.6. The molecule has 5 rings (SSSR count). The lowest BCUT2D eigenvalue weighted by molar-refractivity contribution is 0.0907. The molecule has 0 amide bonds. The summed E-state index contributed by atoms with van der Waals surface area (Å²) < 4.78 is 11.1. The van der Waals surface area contributed by atoms with Gasteiger partial charge in [0.05, 0.1) is 11.7 Å². The van der Waals surface area contributed by atoms with E-state index in [4.69, 9.17) is 21.1 Å². The summed E-state index contributed by atoms with van der Waals surface area (Å²) in [4.78, 5) is 2.50. The molecule has 3 aliphatic heterocycles. The lowest BCUT2D eigenvalue weighted by Gasteiger charge is -2.49. The van der Waals surface area contributed by atoms with Crippen LogP contribution in [0, 0.1) is 0 Å². The average Bonchev–Trinajstić information content (AvgIpc) is 3.23. The number of fused-ring (bicyclic) bond motifs is 1. The highest BCUT2D eigenvalue weighted by Crippen LogP contribution is 2.39. The van der Waals surface area contributed by atoms with Crippen molar-refractivity contribution in [2.75, 3.05) is 19.9 Å². The van der Waals surface area contributed by atoms with E-state index in [0.29, 0.717) is 11.1 Å². The van der Waals surface area contributed by atoms with Crippen LogP contribution < -0.4 is 20.1 Å². The summed E-state index contributed by atoms with van der Waals surface area (Å²) in [7, 11) is 0. The Hall–Kier alpha value is -2.41. The lowest BCUT2D eigenvalue weighted by atomic mass is 9.88. The molecule has 3 aliphatic rings. The molecule has 0 aromatic heterocycles. The molecule has 1 saturated heterocycles. The summed E-state index contributed by atoms with van der Waals surface area (Å²) in [5, 5.41) is 18.7. The summed E-state index contributed by atoms with van der Waals surface area (Å²) in [6.45, 7) is 6.73. The van der Waals surface area contributed by atoms with Gasteiger partial charge in [0, 0.05) is 41.0 Å². The fourth-order valence-electron chi connectivity index (χ4n) is 4.71. The zero-order valence-electron chi connectivity index (χ0n) is 17.8. The molecule has 1 atom stereocenters. The van der Waals surface area contributed by atoms with Crippen LogP contribution in [0.25, 0.3) is 5.70 Å². The minimum atomic E-state index is -0.273. The summed E-state index contributed by atoms with van der Waals surface area (Å²) >= 11 is 6.27. The maximum absolute atomic E-state index is 10.6. The SMILES string of the molecule is CC(C)N1CCC2(CC1)NC(c1ccc3c(c1)OCO3)=CC(c1cc(Cl)ccc1O)N2. The molecule has 1 unspecified atom stereocenters. The number of phenols is 1. The van der Waals surface area contributed by atoms with Crippen molar-refractivity contribution in [1.82, 2.24) is 15.5 Å². The van der Waals surface area contributed by atoms with Crippen LogP contribution in [0.2, 0.25) is 5.02 Å². The molecule has 164 valence electrons. The first-order chi connectivity index (χ1) is 14.9. The normalized spacial score (nSPS) is 22.5. The number of aromatic hydroxyl groups is 1. The van der Waals surface area contributed by atoms with Crippen molar-refractivity contribution in [1.29, 1.82) is 0 Å². The number of nitrogens with one attached hydrogen (secondary N) is 2. The predicted molar refractivity (Wildman–Crippen MR) is 121 cm³/mol. The minimum absolute atomic E-state index is 0.175. The first-order valence-electron chi connectivity index (χ1n) is 10.8. The van der Waals surface area contributed by atoms with E-state index in [0.717, 1.165) is 54.3 Å². The number of ether oxygens (including phenoxy) is 2. The highest BCUT2D eigenvalue weighted by Gasteiger charge is 2.40. The topological polar surface area (TPSA) is 66.0 Å². The molecule has 31 heavy (non-hydrogen) atoms. The molecule has 6 nitrogen and oxygen atoms in total. The second-order valence-corrected chi connectivity index (χ2v) is 9.25. The second kappa shape index (κ2) is 7.93. The number of likely N-dealkylation sites (tertiary alicyclic amines) is 1. The third-order valence-corrected chi connectivity index (χ3v) is 6.76. The van der Waals surface area contributed by atoms with E-state index < -0.39 is 0 Å². The first kappa shape index (κ1) is 20.5. The number of benzene rings is 2. The molecule has 0 aliphatic carbocycles. The second-order valence-electron chi connectivity index (χ2n) is 8.81. The van der Waals surface area contributed by atoms with Crippen molar-refractivity contribution in [3.63, 3.8) is 0 Å².